The third-order valence-corrected chi connectivity index (χ3v) is 16.2. The summed E-state index contributed by atoms with van der Waals surface area (Å²) in [6.07, 6.45) is 13.2. The van der Waals surface area contributed by atoms with E-state index in [0.717, 1.165) is 88.3 Å². The van der Waals surface area contributed by atoms with Crippen LogP contribution >= 0.6 is 11.3 Å². The van der Waals surface area contributed by atoms with E-state index in [1.54, 1.807) is 17.4 Å². The number of fused-ring (bicyclic) bond motifs is 6. The number of hydrogen-bond acceptors (Lipinski definition) is 13. The molecule has 6 bridgehead atoms. The Morgan fingerprint density at radius 1 is 1.06 bits per heavy atom. The van der Waals surface area contributed by atoms with Crippen LogP contribution in [0.5, 0.6) is 0 Å². The molecule has 1 spiro atoms. The fourth-order valence-corrected chi connectivity index (χ4v) is 12.9. The molecule has 5 fully saturated rings. The van der Waals surface area contributed by atoms with Gasteiger partial charge in [0.1, 0.15) is 23.4 Å². The van der Waals surface area contributed by atoms with Gasteiger partial charge in [-0.15, -0.1) is 11.3 Å². The van der Waals surface area contributed by atoms with Crippen molar-refractivity contribution in [2.24, 2.45) is 23.2 Å². The van der Waals surface area contributed by atoms with E-state index < -0.39 is 29.5 Å². The van der Waals surface area contributed by atoms with Crippen molar-refractivity contribution in [2.75, 3.05) is 32.8 Å². The Labute approximate surface area is 388 Å². The summed E-state index contributed by atoms with van der Waals surface area (Å²) < 4.78 is 8.66. The molecular weight excluding hydrogens is 851 g/mol. The molecule has 15 nitrogen and oxygen atoms in total. The van der Waals surface area contributed by atoms with Gasteiger partial charge >= 0.3 is 5.97 Å². The summed E-state index contributed by atoms with van der Waals surface area (Å²) in [4.78, 5) is 64.9. The zero-order valence-electron chi connectivity index (χ0n) is 37.8. The van der Waals surface area contributed by atoms with Crippen molar-refractivity contribution < 1.29 is 19.1 Å². The van der Waals surface area contributed by atoms with Gasteiger partial charge in [-0.05, 0) is 99.7 Å². The second kappa shape index (κ2) is 16.9. The number of carbonyl (C=O) groups excluding carboxylic acids is 3. The van der Waals surface area contributed by atoms with Crippen molar-refractivity contribution in [3.8, 4) is 28.6 Å². The van der Waals surface area contributed by atoms with Gasteiger partial charge in [0.05, 0.1) is 30.1 Å². The molecule has 66 heavy (non-hydrogen) atoms. The standard InChI is InChI=1S/C50H57N11O4S/c1-29-40(36-13-17-53-28-54-36)41(29)45(62)57-42-44(59-25-50(26-59)14-6-16-55-50)46-56-38(24-66-46)31-10-12-39-34(20-31)35(21-49(2,3)27-65-48(64)37-8-5-18-60(58-37)47(42)63)43(32-7-4-15-52-23-32)61(39)33-11-9-30(19-33)22-51/h4,7,10,12-13,15,17,20,23-24,28-30,33,37,40-42,44,55,58H,5-6,8-9,11,14,16,18-19,21,25-27H2,1-3H3,(H,57,62)/t29-,30-,33-,37-,40-,41+,42-,44-/m0/s1. The second-order valence-electron chi connectivity index (χ2n) is 20.5. The minimum Gasteiger partial charge on any atom is -0.464 e. The van der Waals surface area contributed by atoms with E-state index in [0.29, 0.717) is 38.9 Å². The third kappa shape index (κ3) is 7.77. The Kier molecular flexibility index (Phi) is 11.0. The van der Waals surface area contributed by atoms with Crippen LogP contribution < -0.4 is 16.1 Å². The van der Waals surface area contributed by atoms with Gasteiger partial charge in [0.25, 0.3) is 5.91 Å². The van der Waals surface area contributed by atoms with Gasteiger partial charge < -0.3 is 19.9 Å². The minimum atomic E-state index is -1.01. The Morgan fingerprint density at radius 2 is 1.94 bits per heavy atom. The zero-order chi connectivity index (χ0) is 45.3. The molecule has 3 N–H and O–H groups in total. The maximum atomic E-state index is 15.3. The molecule has 2 amide bonds. The topological polar surface area (TPSA) is 183 Å². The quantitative estimate of drug-likeness (QED) is 0.166. The molecule has 16 heteroatoms. The molecule has 8 atom stereocenters. The summed E-state index contributed by atoms with van der Waals surface area (Å²) in [5, 5.41) is 22.5. The van der Waals surface area contributed by atoms with E-state index in [1.807, 2.05) is 18.3 Å². The Balaban J connectivity index is 1.05. The van der Waals surface area contributed by atoms with Gasteiger partial charge in [-0.2, -0.15) is 5.26 Å². The van der Waals surface area contributed by atoms with E-state index in [4.69, 9.17) is 9.72 Å². The number of amides is 2. The first kappa shape index (κ1) is 43.0. The maximum absolute atomic E-state index is 15.3. The number of benzene rings is 1. The summed E-state index contributed by atoms with van der Waals surface area (Å²) in [7, 11) is 0. The fraction of sp³-hybridized carbons (Fsp3) is 0.520. The maximum Gasteiger partial charge on any atom is 0.324 e. The van der Waals surface area contributed by atoms with Crippen molar-refractivity contribution in [3.63, 3.8) is 0 Å². The lowest BCUT2D eigenvalue weighted by Gasteiger charge is -2.53. The number of esters is 1. The summed E-state index contributed by atoms with van der Waals surface area (Å²) >= 11 is 1.52. The smallest absolute Gasteiger partial charge is 0.324 e. The van der Waals surface area contributed by atoms with Gasteiger partial charge in [-0.1, -0.05) is 26.8 Å². The molecule has 1 aromatic carbocycles. The predicted molar refractivity (Wildman–Crippen MR) is 248 cm³/mol. The lowest BCUT2D eigenvalue weighted by Crippen LogP contribution is -2.70. The number of aromatic nitrogens is 5. The van der Waals surface area contributed by atoms with Crippen molar-refractivity contribution in [1.29, 1.82) is 5.26 Å². The molecule has 0 unspecified atom stereocenters. The largest absolute Gasteiger partial charge is 0.464 e. The number of thiazole rings is 1. The van der Waals surface area contributed by atoms with Crippen LogP contribution in [0, 0.1) is 34.5 Å². The summed E-state index contributed by atoms with van der Waals surface area (Å²) in [5.74, 6) is -1.36. The molecule has 5 aromatic rings. The van der Waals surface area contributed by atoms with Gasteiger partial charge in [0.2, 0.25) is 5.91 Å². The number of nitrogens with one attached hydrogen (secondary N) is 3. The van der Waals surface area contributed by atoms with Crippen molar-refractivity contribution in [3.05, 3.63) is 83.0 Å². The highest BCUT2D eigenvalue weighted by Crippen LogP contribution is 2.53. The first-order chi connectivity index (χ1) is 32.0. The Morgan fingerprint density at radius 3 is 2.70 bits per heavy atom. The average molecular weight is 908 g/mol. The van der Waals surface area contributed by atoms with Gasteiger partial charge in [-0.25, -0.2) is 20.4 Å². The number of pyridine rings is 1. The number of nitriles is 1. The normalized spacial score (nSPS) is 29.5. The van der Waals surface area contributed by atoms with E-state index in [1.165, 1.54) is 17.7 Å². The molecule has 11 rings (SSSR count). The zero-order valence-corrected chi connectivity index (χ0v) is 38.6. The number of carbonyl (C=O) groups is 3. The van der Waals surface area contributed by atoms with Crippen molar-refractivity contribution in [2.45, 2.75) is 108 Å². The number of ether oxygens (including phenoxy) is 1. The van der Waals surface area contributed by atoms with Crippen LogP contribution in [0.1, 0.15) is 100.0 Å². The van der Waals surface area contributed by atoms with E-state index >= 15 is 4.79 Å². The first-order valence-corrected chi connectivity index (χ1v) is 24.6. The van der Waals surface area contributed by atoms with E-state index in [-0.39, 0.29) is 53.7 Å². The van der Waals surface area contributed by atoms with Gasteiger partial charge in [-0.3, -0.25) is 29.3 Å². The molecular formula is C50H57N11O4S. The Hall–Kier alpha value is -5.60. The van der Waals surface area contributed by atoms with Crippen molar-refractivity contribution >= 4 is 40.0 Å². The number of hydrazine groups is 1. The molecule has 3 saturated heterocycles. The molecule has 4 aliphatic heterocycles. The lowest BCUT2D eigenvalue weighted by atomic mass is 9.84. The number of nitrogens with zero attached hydrogens (tertiary/aromatic N) is 8. The Bertz CT molecular complexity index is 2700. The molecule has 4 aromatic heterocycles. The highest BCUT2D eigenvalue weighted by Gasteiger charge is 2.56. The van der Waals surface area contributed by atoms with Gasteiger partial charge in [0.15, 0.2) is 0 Å². The van der Waals surface area contributed by atoms with Crippen LogP contribution in [-0.4, -0.2) is 103 Å². The third-order valence-electron chi connectivity index (χ3n) is 15.3. The molecule has 2 saturated carbocycles. The van der Waals surface area contributed by atoms with Crippen LogP contribution in [-0.2, 0) is 25.5 Å². The van der Waals surface area contributed by atoms with Crippen LogP contribution in [0.15, 0.2) is 66.7 Å². The molecule has 2 aliphatic carbocycles. The van der Waals surface area contributed by atoms with Crippen LogP contribution in [0.2, 0.25) is 0 Å². The molecule has 6 aliphatic rings. The van der Waals surface area contributed by atoms with Crippen molar-refractivity contribution in [1.82, 2.24) is 50.5 Å². The average Bonchev–Trinajstić information content (AvgIpc) is 3.93. The molecule has 342 valence electrons. The monoisotopic (exact) mass is 907 g/mol. The summed E-state index contributed by atoms with van der Waals surface area (Å²) in [6.45, 7) is 9.20. The minimum absolute atomic E-state index is 0.0140. The molecule has 0 radical (unpaired) electrons. The van der Waals surface area contributed by atoms with Crippen LogP contribution in [0.3, 0.4) is 0 Å². The number of hydrogen-bond donors (Lipinski definition) is 3. The van der Waals surface area contributed by atoms with E-state index in [2.05, 4.69) is 97.0 Å². The number of rotatable bonds is 6. The first-order valence-electron chi connectivity index (χ1n) is 23.7. The second-order valence-corrected chi connectivity index (χ2v) is 21.4. The predicted octanol–water partition coefficient (Wildman–Crippen LogP) is 6.12. The lowest BCUT2D eigenvalue weighted by molar-refractivity contribution is -0.156. The van der Waals surface area contributed by atoms with Gasteiger partial charge in [0, 0.05) is 106 Å². The highest BCUT2D eigenvalue weighted by atomic mass is 32.1. The molecule has 8 heterocycles. The summed E-state index contributed by atoms with van der Waals surface area (Å²) in [6, 6.07) is 12.8. The number of likely N-dealkylation sites (tertiary alicyclic amines) is 1. The SMILES string of the molecule is C[C@@H]1[C@@H](C(=O)N[C@@H]2C(=O)N3CCC[C@H](N3)C(=O)OCC(C)(C)Cc3c(-c4cccnc4)n([C@H]4CC[C@H](C#N)C4)c4ccc(cc34)-c3csc(n3)[C@H]2N2CC3(CCCN3)C2)[C@@H]1c1ccncn1. The number of cyclic esters (lactones) is 1. The highest BCUT2D eigenvalue weighted by molar-refractivity contribution is 7.10. The van der Waals surface area contributed by atoms with Crippen LogP contribution in [0.4, 0.5) is 0 Å². The fourth-order valence-electron chi connectivity index (χ4n) is 11.9. The summed E-state index contributed by atoms with van der Waals surface area (Å²) in [5.41, 5.74) is 9.57. The van der Waals surface area contributed by atoms with Crippen LogP contribution in [0.25, 0.3) is 33.4 Å². The van der Waals surface area contributed by atoms with E-state index in [9.17, 15) is 14.9 Å².